The maximum atomic E-state index is 8.99. The lowest BCUT2D eigenvalue weighted by Crippen LogP contribution is -2.03. The number of anilines is 1. The minimum absolute atomic E-state index is 0.461. The number of nitriles is 1. The van der Waals surface area contributed by atoms with Crippen molar-refractivity contribution in [2.45, 2.75) is 26.7 Å². The molecule has 2 aromatic rings. The molecule has 1 aromatic carbocycles. The molecule has 0 aliphatic heterocycles. The second-order valence-electron chi connectivity index (χ2n) is 3.95. The van der Waals surface area contributed by atoms with E-state index in [1.54, 1.807) is 16.8 Å². The van der Waals surface area contributed by atoms with Gasteiger partial charge in [0, 0.05) is 18.5 Å². The number of benzene rings is 1. The van der Waals surface area contributed by atoms with E-state index in [0.717, 1.165) is 30.2 Å². The van der Waals surface area contributed by atoms with Crippen LogP contribution in [0, 0.1) is 11.3 Å². The summed E-state index contributed by atoms with van der Waals surface area (Å²) in [6.07, 6.45) is 1.58. The van der Waals surface area contributed by atoms with Crippen LogP contribution in [-0.2, 0) is 12.8 Å². The molecule has 0 spiro atoms. The Kier molecular flexibility index (Phi) is 3.28. The van der Waals surface area contributed by atoms with E-state index < -0.39 is 0 Å². The second-order valence-corrected chi connectivity index (χ2v) is 3.95. The highest BCUT2D eigenvalue weighted by atomic mass is 15.3. The molecule has 0 amide bonds. The van der Waals surface area contributed by atoms with Crippen LogP contribution in [-0.4, -0.2) is 14.8 Å². The van der Waals surface area contributed by atoms with Crippen molar-refractivity contribution in [3.05, 3.63) is 35.4 Å². The van der Waals surface area contributed by atoms with Crippen LogP contribution in [0.1, 0.15) is 31.1 Å². The average Bonchev–Trinajstić information content (AvgIpc) is 2.82. The van der Waals surface area contributed by atoms with Crippen LogP contribution in [0.15, 0.2) is 18.2 Å². The van der Waals surface area contributed by atoms with E-state index in [9.17, 15) is 0 Å². The van der Waals surface area contributed by atoms with Gasteiger partial charge in [0.2, 0.25) is 0 Å². The fourth-order valence-electron chi connectivity index (χ4n) is 1.75. The van der Waals surface area contributed by atoms with Gasteiger partial charge in [-0.25, -0.2) is 9.67 Å². The Morgan fingerprint density at radius 2 is 2.11 bits per heavy atom. The minimum Gasteiger partial charge on any atom is -0.398 e. The maximum absolute atomic E-state index is 8.99. The van der Waals surface area contributed by atoms with Gasteiger partial charge in [0.25, 0.3) is 0 Å². The van der Waals surface area contributed by atoms with Crippen molar-refractivity contribution >= 4 is 5.69 Å². The largest absolute Gasteiger partial charge is 0.398 e. The van der Waals surface area contributed by atoms with Crippen molar-refractivity contribution in [2.75, 3.05) is 5.73 Å². The lowest BCUT2D eigenvalue weighted by Gasteiger charge is -2.05. The van der Waals surface area contributed by atoms with Gasteiger partial charge in [0.15, 0.2) is 5.82 Å². The summed E-state index contributed by atoms with van der Waals surface area (Å²) in [7, 11) is 0. The van der Waals surface area contributed by atoms with E-state index in [4.69, 9.17) is 11.0 Å². The van der Waals surface area contributed by atoms with E-state index >= 15 is 0 Å². The third-order valence-electron chi connectivity index (χ3n) is 2.75. The van der Waals surface area contributed by atoms with Gasteiger partial charge >= 0.3 is 0 Å². The molecular formula is C13H15N5. The van der Waals surface area contributed by atoms with Crippen molar-refractivity contribution in [3.63, 3.8) is 0 Å². The Morgan fingerprint density at radius 1 is 1.33 bits per heavy atom. The summed E-state index contributed by atoms with van der Waals surface area (Å²) in [5, 5.41) is 13.4. The molecule has 1 heterocycles. The molecule has 92 valence electrons. The highest BCUT2D eigenvalue weighted by molar-refractivity contribution is 5.58. The number of aromatic nitrogens is 3. The molecule has 5 nitrogen and oxygen atoms in total. The number of nitrogen functional groups attached to an aromatic ring is 1. The van der Waals surface area contributed by atoms with E-state index in [-0.39, 0.29) is 0 Å². The number of aryl methyl sites for hydroxylation is 2. The van der Waals surface area contributed by atoms with Crippen LogP contribution in [0.3, 0.4) is 0 Å². The van der Waals surface area contributed by atoms with Gasteiger partial charge in [-0.1, -0.05) is 13.8 Å². The van der Waals surface area contributed by atoms with Crippen LogP contribution in [0.4, 0.5) is 5.69 Å². The molecule has 5 heteroatoms. The van der Waals surface area contributed by atoms with Gasteiger partial charge in [0.1, 0.15) is 11.9 Å². The van der Waals surface area contributed by atoms with Gasteiger partial charge in [-0.2, -0.15) is 10.4 Å². The Bertz CT molecular complexity index is 606. The third-order valence-corrected chi connectivity index (χ3v) is 2.75. The number of hydrogen-bond acceptors (Lipinski definition) is 4. The molecule has 0 unspecified atom stereocenters. The average molecular weight is 241 g/mol. The Hall–Kier alpha value is -2.35. The standard InChI is InChI=1S/C13H15N5/c1-3-12-16-13(4-2)18(17-12)10-5-6-11(15)9(7-10)8-14/h5-7H,3-4,15H2,1-2H3. The van der Waals surface area contributed by atoms with Crippen LogP contribution >= 0.6 is 0 Å². The summed E-state index contributed by atoms with van der Waals surface area (Å²) in [6.45, 7) is 4.05. The molecule has 0 aliphatic carbocycles. The van der Waals surface area contributed by atoms with Crippen LogP contribution < -0.4 is 5.73 Å². The van der Waals surface area contributed by atoms with Crippen molar-refractivity contribution in [1.82, 2.24) is 14.8 Å². The Morgan fingerprint density at radius 3 is 2.72 bits per heavy atom. The first-order chi connectivity index (χ1) is 8.69. The molecule has 1 aromatic heterocycles. The summed E-state index contributed by atoms with van der Waals surface area (Å²) < 4.78 is 1.78. The molecule has 0 aliphatic rings. The summed E-state index contributed by atoms with van der Waals surface area (Å²) in [5.74, 6) is 1.70. The molecule has 2 N–H and O–H groups in total. The highest BCUT2D eigenvalue weighted by Crippen LogP contribution is 2.17. The topological polar surface area (TPSA) is 80.5 Å². The zero-order chi connectivity index (χ0) is 13.1. The number of hydrogen-bond donors (Lipinski definition) is 1. The molecule has 0 bridgehead atoms. The molecular weight excluding hydrogens is 226 g/mol. The number of rotatable bonds is 3. The van der Waals surface area contributed by atoms with Crippen molar-refractivity contribution in [1.29, 1.82) is 5.26 Å². The molecule has 0 saturated heterocycles. The van der Waals surface area contributed by atoms with Crippen molar-refractivity contribution < 1.29 is 0 Å². The van der Waals surface area contributed by atoms with E-state index in [0.29, 0.717) is 11.3 Å². The monoisotopic (exact) mass is 241 g/mol. The summed E-state index contributed by atoms with van der Waals surface area (Å²) in [5.41, 5.74) is 7.48. The first kappa shape index (κ1) is 12.1. The fourth-order valence-corrected chi connectivity index (χ4v) is 1.75. The van der Waals surface area contributed by atoms with E-state index in [1.807, 2.05) is 19.9 Å². The van der Waals surface area contributed by atoms with Crippen LogP contribution in [0.2, 0.25) is 0 Å². The summed E-state index contributed by atoms with van der Waals surface area (Å²) in [4.78, 5) is 4.44. The number of nitrogens with two attached hydrogens (primary N) is 1. The third kappa shape index (κ3) is 2.05. The van der Waals surface area contributed by atoms with Crippen LogP contribution in [0.5, 0.6) is 0 Å². The molecule has 0 fully saturated rings. The normalized spacial score (nSPS) is 10.3. The SMILES string of the molecule is CCc1nc(CC)n(-c2ccc(N)c(C#N)c2)n1. The zero-order valence-electron chi connectivity index (χ0n) is 10.5. The smallest absolute Gasteiger partial charge is 0.151 e. The number of nitrogens with zero attached hydrogens (tertiary/aromatic N) is 4. The van der Waals surface area contributed by atoms with Crippen LogP contribution in [0.25, 0.3) is 5.69 Å². The predicted molar refractivity (Wildman–Crippen MR) is 69.2 cm³/mol. The van der Waals surface area contributed by atoms with E-state index in [1.165, 1.54) is 0 Å². The molecule has 0 saturated carbocycles. The zero-order valence-corrected chi connectivity index (χ0v) is 10.5. The Balaban J connectivity index is 2.54. The Labute approximate surface area is 106 Å². The maximum Gasteiger partial charge on any atom is 0.151 e. The predicted octanol–water partition coefficient (Wildman–Crippen LogP) is 1.85. The van der Waals surface area contributed by atoms with Gasteiger partial charge in [-0.15, -0.1) is 0 Å². The fraction of sp³-hybridized carbons (Fsp3) is 0.308. The molecule has 0 radical (unpaired) electrons. The van der Waals surface area contributed by atoms with Gasteiger partial charge < -0.3 is 5.73 Å². The lowest BCUT2D eigenvalue weighted by atomic mass is 10.2. The summed E-state index contributed by atoms with van der Waals surface area (Å²) >= 11 is 0. The highest BCUT2D eigenvalue weighted by Gasteiger charge is 2.10. The minimum atomic E-state index is 0.461. The quantitative estimate of drug-likeness (QED) is 0.831. The molecule has 2 rings (SSSR count). The first-order valence-electron chi connectivity index (χ1n) is 5.94. The summed E-state index contributed by atoms with van der Waals surface area (Å²) in [6, 6.07) is 7.39. The van der Waals surface area contributed by atoms with Gasteiger partial charge in [0.05, 0.1) is 11.3 Å². The van der Waals surface area contributed by atoms with Crippen molar-refractivity contribution in [3.8, 4) is 11.8 Å². The van der Waals surface area contributed by atoms with Gasteiger partial charge in [-0.05, 0) is 18.2 Å². The van der Waals surface area contributed by atoms with Crippen molar-refractivity contribution in [2.24, 2.45) is 0 Å². The molecule has 0 atom stereocenters. The van der Waals surface area contributed by atoms with E-state index in [2.05, 4.69) is 16.2 Å². The lowest BCUT2D eigenvalue weighted by molar-refractivity contribution is 0.791. The first-order valence-corrected chi connectivity index (χ1v) is 5.94. The molecule has 18 heavy (non-hydrogen) atoms. The van der Waals surface area contributed by atoms with Gasteiger partial charge in [-0.3, -0.25) is 0 Å². The second kappa shape index (κ2) is 4.88.